The van der Waals surface area contributed by atoms with Crippen molar-refractivity contribution in [1.29, 1.82) is 0 Å². The molecule has 2 fully saturated rings. The molecule has 0 spiro atoms. The number of hydrogen-bond donors (Lipinski definition) is 1. The van der Waals surface area contributed by atoms with Crippen LogP contribution in [-0.2, 0) is 0 Å². The first-order valence-corrected chi connectivity index (χ1v) is 8.77. The van der Waals surface area contributed by atoms with Crippen LogP contribution in [0.5, 0.6) is 0 Å². The van der Waals surface area contributed by atoms with Crippen molar-refractivity contribution >= 4 is 11.9 Å². The fourth-order valence-corrected chi connectivity index (χ4v) is 4.00. The summed E-state index contributed by atoms with van der Waals surface area (Å²) in [4.78, 5) is 9.39. The van der Waals surface area contributed by atoms with Crippen LogP contribution in [0, 0.1) is 11.8 Å². The summed E-state index contributed by atoms with van der Waals surface area (Å²) in [7, 11) is 0. The zero-order valence-electron chi connectivity index (χ0n) is 14.1. The molecule has 2 saturated heterocycles. The lowest BCUT2D eigenvalue weighted by Crippen LogP contribution is -2.38. The molecule has 0 amide bonds. The minimum Gasteiger partial charge on any atom is -0.356 e. The van der Waals surface area contributed by atoms with Gasteiger partial charge in [-0.2, -0.15) is 0 Å². The van der Waals surface area contributed by atoms with Crippen LogP contribution in [0.1, 0.15) is 25.3 Å². The van der Waals surface area contributed by atoms with E-state index in [9.17, 15) is 0 Å². The molecule has 0 aliphatic carbocycles. The number of nitrogens with one attached hydrogen (secondary N) is 1. The number of likely N-dealkylation sites (tertiary alicyclic amines) is 1. The van der Waals surface area contributed by atoms with Gasteiger partial charge in [-0.25, -0.2) is 0 Å². The third-order valence-electron chi connectivity index (χ3n) is 5.40. The molecule has 0 radical (unpaired) electrons. The topological polar surface area (TPSA) is 30.9 Å². The summed E-state index contributed by atoms with van der Waals surface area (Å²) in [5.41, 5.74) is 2.68. The third-order valence-corrected chi connectivity index (χ3v) is 5.40. The quantitative estimate of drug-likeness (QED) is 0.931. The number of nitrogens with zero attached hydrogens (tertiary/aromatic N) is 3. The largest absolute Gasteiger partial charge is 0.356 e. The highest BCUT2D eigenvalue weighted by Gasteiger charge is 2.38. The normalized spacial score (nSPS) is 26.8. The van der Waals surface area contributed by atoms with E-state index in [0.717, 1.165) is 31.5 Å². The lowest BCUT2D eigenvalue weighted by atomic mass is 10.0. The van der Waals surface area contributed by atoms with Crippen LogP contribution in [0.15, 0.2) is 41.3 Å². The smallest absolute Gasteiger partial charge is 0.128 e. The van der Waals surface area contributed by atoms with Gasteiger partial charge < -0.3 is 15.1 Å². The Bertz CT molecular complexity index is 622. The molecule has 0 bridgehead atoms. The van der Waals surface area contributed by atoms with Gasteiger partial charge in [-0.15, -0.1) is 0 Å². The molecule has 3 heterocycles. The summed E-state index contributed by atoms with van der Waals surface area (Å²) >= 11 is 0. The molecule has 0 unspecified atom stereocenters. The third kappa shape index (κ3) is 2.76. The molecule has 23 heavy (non-hydrogen) atoms. The highest BCUT2D eigenvalue weighted by molar-refractivity contribution is 5.71. The van der Waals surface area contributed by atoms with Gasteiger partial charge in [0.15, 0.2) is 0 Å². The van der Waals surface area contributed by atoms with E-state index in [1.807, 2.05) is 12.4 Å². The first-order chi connectivity index (χ1) is 11.2. The Morgan fingerprint density at radius 2 is 1.96 bits per heavy atom. The number of hydrogen-bond acceptors (Lipinski definition) is 4. The second-order valence-corrected chi connectivity index (χ2v) is 7.26. The maximum Gasteiger partial charge on any atom is 0.128 e. The van der Waals surface area contributed by atoms with Crippen LogP contribution in [0.2, 0.25) is 0 Å². The standard InChI is InChI=1S/C19H26N4/c1-14(2)15-4-3-5-18(8-15)23-7-6-20-11-19(23)22-12-16-9-21-10-17(16)13-22/h3-6,8,11,14,16-17,21H,7,9-10,12-13H2,1-2H3/t16-,17+. The minimum atomic E-state index is 0.554. The summed E-state index contributed by atoms with van der Waals surface area (Å²) in [6.07, 6.45) is 4.05. The van der Waals surface area contributed by atoms with Crippen LogP contribution >= 0.6 is 0 Å². The summed E-state index contributed by atoms with van der Waals surface area (Å²) in [6, 6.07) is 8.95. The van der Waals surface area contributed by atoms with Crippen molar-refractivity contribution in [2.45, 2.75) is 19.8 Å². The van der Waals surface area contributed by atoms with E-state index < -0.39 is 0 Å². The van der Waals surface area contributed by atoms with E-state index in [4.69, 9.17) is 0 Å². The van der Waals surface area contributed by atoms with Gasteiger partial charge in [-0.3, -0.25) is 4.99 Å². The van der Waals surface area contributed by atoms with Crippen molar-refractivity contribution in [3.8, 4) is 0 Å². The number of fused-ring (bicyclic) bond motifs is 1. The van der Waals surface area contributed by atoms with Crippen LogP contribution in [0.4, 0.5) is 5.69 Å². The molecule has 3 aliphatic rings. The maximum atomic E-state index is 4.44. The second-order valence-electron chi connectivity index (χ2n) is 7.26. The van der Waals surface area contributed by atoms with Gasteiger partial charge in [0.1, 0.15) is 5.82 Å². The van der Waals surface area contributed by atoms with Gasteiger partial charge in [-0.05, 0) is 35.4 Å². The van der Waals surface area contributed by atoms with Crippen molar-refractivity contribution in [2.24, 2.45) is 16.8 Å². The Balaban J connectivity index is 1.59. The first-order valence-electron chi connectivity index (χ1n) is 8.77. The number of anilines is 1. The fraction of sp³-hybridized carbons (Fsp3) is 0.526. The lowest BCUT2D eigenvalue weighted by Gasteiger charge is -2.34. The lowest BCUT2D eigenvalue weighted by molar-refractivity contribution is 0.378. The van der Waals surface area contributed by atoms with E-state index in [1.165, 1.54) is 30.2 Å². The summed E-state index contributed by atoms with van der Waals surface area (Å²) in [5, 5.41) is 3.52. The predicted molar refractivity (Wildman–Crippen MR) is 95.9 cm³/mol. The Morgan fingerprint density at radius 1 is 1.17 bits per heavy atom. The van der Waals surface area contributed by atoms with Crippen molar-refractivity contribution in [2.75, 3.05) is 37.6 Å². The average molecular weight is 310 g/mol. The molecule has 0 saturated carbocycles. The number of rotatable bonds is 3. The maximum absolute atomic E-state index is 4.44. The Labute approximate surface area is 138 Å². The van der Waals surface area contributed by atoms with Gasteiger partial charge in [-0.1, -0.05) is 26.0 Å². The Hall–Kier alpha value is -1.81. The molecule has 4 heteroatoms. The molecule has 1 aromatic rings. The zero-order valence-corrected chi connectivity index (χ0v) is 14.1. The molecule has 1 N–H and O–H groups in total. The second kappa shape index (κ2) is 6.00. The zero-order chi connectivity index (χ0) is 15.8. The van der Waals surface area contributed by atoms with E-state index in [1.54, 1.807) is 0 Å². The van der Waals surface area contributed by atoms with Crippen molar-refractivity contribution in [3.63, 3.8) is 0 Å². The summed E-state index contributed by atoms with van der Waals surface area (Å²) < 4.78 is 0. The molecule has 1 aromatic carbocycles. The Kier molecular flexibility index (Phi) is 3.85. The molecular formula is C19H26N4. The molecule has 2 atom stereocenters. The molecule has 4 rings (SSSR count). The van der Waals surface area contributed by atoms with Crippen molar-refractivity contribution in [1.82, 2.24) is 10.2 Å². The summed E-state index contributed by atoms with van der Waals surface area (Å²) in [5.74, 6) is 3.41. The van der Waals surface area contributed by atoms with Gasteiger partial charge in [0, 0.05) is 38.1 Å². The molecule has 4 nitrogen and oxygen atoms in total. The van der Waals surface area contributed by atoms with Crippen LogP contribution in [0.3, 0.4) is 0 Å². The van der Waals surface area contributed by atoms with Crippen molar-refractivity contribution in [3.05, 3.63) is 41.8 Å². The van der Waals surface area contributed by atoms with Crippen LogP contribution < -0.4 is 10.2 Å². The van der Waals surface area contributed by atoms with E-state index in [-0.39, 0.29) is 0 Å². The molecule has 3 aliphatic heterocycles. The molecule has 122 valence electrons. The Morgan fingerprint density at radius 3 is 2.70 bits per heavy atom. The van der Waals surface area contributed by atoms with Crippen molar-refractivity contribution < 1.29 is 0 Å². The van der Waals surface area contributed by atoms with Gasteiger partial charge in [0.05, 0.1) is 12.7 Å². The van der Waals surface area contributed by atoms with Crippen LogP contribution in [-0.4, -0.2) is 43.8 Å². The fourth-order valence-electron chi connectivity index (χ4n) is 4.00. The van der Waals surface area contributed by atoms with E-state index >= 15 is 0 Å². The monoisotopic (exact) mass is 310 g/mol. The average Bonchev–Trinajstić information content (AvgIpc) is 3.16. The van der Waals surface area contributed by atoms with Crippen LogP contribution in [0.25, 0.3) is 0 Å². The highest BCUT2D eigenvalue weighted by Crippen LogP contribution is 2.33. The molecule has 0 aromatic heterocycles. The van der Waals surface area contributed by atoms with E-state index in [2.05, 4.69) is 58.2 Å². The number of benzene rings is 1. The highest BCUT2D eigenvalue weighted by atomic mass is 15.4. The predicted octanol–water partition coefficient (Wildman–Crippen LogP) is 2.65. The van der Waals surface area contributed by atoms with Gasteiger partial charge >= 0.3 is 0 Å². The van der Waals surface area contributed by atoms with E-state index in [0.29, 0.717) is 5.92 Å². The SMILES string of the molecule is CC(C)c1cccc(N2CC=NC=C2N2C[C@H]3CNC[C@H]3C2)c1. The number of aliphatic imine (C=N–C) groups is 1. The summed E-state index contributed by atoms with van der Waals surface area (Å²) in [6.45, 7) is 10.0. The van der Waals surface area contributed by atoms with Gasteiger partial charge in [0.25, 0.3) is 0 Å². The van der Waals surface area contributed by atoms with Gasteiger partial charge in [0.2, 0.25) is 0 Å². The molecular weight excluding hydrogens is 284 g/mol. The minimum absolute atomic E-state index is 0.554. The first kappa shape index (κ1) is 14.8.